The van der Waals surface area contributed by atoms with E-state index in [9.17, 15) is 0 Å². The van der Waals surface area contributed by atoms with Gasteiger partial charge in [0.2, 0.25) is 0 Å². The quantitative estimate of drug-likeness (QED) is 0.834. The standard InChI is InChI=1S/C11H16ClN3/c1-15(10-4-6-13-7-5-10)11-3-2-9(12)8-14-11/h2-3,8,10,13H,4-7H2,1H3. The van der Waals surface area contributed by atoms with Crippen molar-refractivity contribution in [1.29, 1.82) is 0 Å². The molecule has 2 rings (SSSR count). The van der Waals surface area contributed by atoms with Gasteiger partial charge in [0, 0.05) is 19.3 Å². The summed E-state index contributed by atoms with van der Waals surface area (Å²) in [4.78, 5) is 6.57. The summed E-state index contributed by atoms with van der Waals surface area (Å²) in [6, 6.07) is 4.46. The van der Waals surface area contributed by atoms with Crippen molar-refractivity contribution >= 4 is 17.4 Å². The van der Waals surface area contributed by atoms with E-state index in [0.717, 1.165) is 18.9 Å². The van der Waals surface area contributed by atoms with Gasteiger partial charge in [-0.1, -0.05) is 11.6 Å². The molecule has 3 nitrogen and oxygen atoms in total. The number of hydrogen-bond donors (Lipinski definition) is 1. The molecule has 0 bridgehead atoms. The Kier molecular flexibility index (Phi) is 3.44. The minimum Gasteiger partial charge on any atom is -0.357 e. The van der Waals surface area contributed by atoms with Crippen molar-refractivity contribution < 1.29 is 0 Å². The van der Waals surface area contributed by atoms with Crippen LogP contribution in [0.15, 0.2) is 18.3 Å². The molecule has 1 aliphatic heterocycles. The Morgan fingerprint density at radius 2 is 2.13 bits per heavy atom. The van der Waals surface area contributed by atoms with E-state index in [-0.39, 0.29) is 0 Å². The molecule has 1 aromatic rings. The average molecular weight is 226 g/mol. The summed E-state index contributed by atoms with van der Waals surface area (Å²) < 4.78 is 0. The number of piperidine rings is 1. The molecule has 0 amide bonds. The second-order valence-electron chi connectivity index (χ2n) is 3.93. The fourth-order valence-electron chi connectivity index (χ4n) is 1.96. The Balaban J connectivity index is 2.05. The second-order valence-corrected chi connectivity index (χ2v) is 4.36. The summed E-state index contributed by atoms with van der Waals surface area (Å²) in [5.74, 6) is 1.01. The third kappa shape index (κ3) is 2.61. The third-order valence-electron chi connectivity index (χ3n) is 2.93. The molecule has 0 saturated carbocycles. The number of anilines is 1. The van der Waals surface area contributed by atoms with E-state index >= 15 is 0 Å². The minimum absolute atomic E-state index is 0.597. The molecule has 1 aliphatic rings. The molecule has 0 aromatic carbocycles. The highest BCUT2D eigenvalue weighted by molar-refractivity contribution is 6.30. The fourth-order valence-corrected chi connectivity index (χ4v) is 2.07. The largest absolute Gasteiger partial charge is 0.357 e. The lowest BCUT2D eigenvalue weighted by atomic mass is 10.1. The van der Waals surface area contributed by atoms with Crippen molar-refractivity contribution in [2.45, 2.75) is 18.9 Å². The molecule has 82 valence electrons. The zero-order valence-corrected chi connectivity index (χ0v) is 9.67. The van der Waals surface area contributed by atoms with Crippen LogP contribution in [0.5, 0.6) is 0 Å². The summed E-state index contributed by atoms with van der Waals surface area (Å²) in [5.41, 5.74) is 0. The van der Waals surface area contributed by atoms with E-state index in [1.54, 1.807) is 6.20 Å². The molecular formula is C11H16ClN3. The predicted octanol–water partition coefficient (Wildman–Crippen LogP) is 1.92. The SMILES string of the molecule is CN(c1ccc(Cl)cn1)C1CCNCC1. The van der Waals surface area contributed by atoms with Crippen LogP contribution in [0.25, 0.3) is 0 Å². The van der Waals surface area contributed by atoms with E-state index in [4.69, 9.17) is 11.6 Å². The average Bonchev–Trinajstić information content (AvgIpc) is 2.30. The van der Waals surface area contributed by atoms with Crippen LogP contribution >= 0.6 is 11.6 Å². The van der Waals surface area contributed by atoms with Crippen molar-refractivity contribution in [3.05, 3.63) is 23.4 Å². The first-order valence-corrected chi connectivity index (χ1v) is 5.70. The van der Waals surface area contributed by atoms with Crippen LogP contribution in [-0.2, 0) is 0 Å². The maximum absolute atomic E-state index is 5.81. The molecule has 1 fully saturated rings. The van der Waals surface area contributed by atoms with Gasteiger partial charge in [-0.2, -0.15) is 0 Å². The van der Waals surface area contributed by atoms with Gasteiger partial charge in [-0.25, -0.2) is 4.98 Å². The van der Waals surface area contributed by atoms with E-state index in [2.05, 4.69) is 22.2 Å². The van der Waals surface area contributed by atoms with Crippen LogP contribution in [0.1, 0.15) is 12.8 Å². The molecule has 0 aliphatic carbocycles. The first kappa shape index (κ1) is 10.7. The maximum Gasteiger partial charge on any atom is 0.128 e. The first-order chi connectivity index (χ1) is 7.27. The highest BCUT2D eigenvalue weighted by Gasteiger charge is 2.18. The molecule has 0 radical (unpaired) electrons. The minimum atomic E-state index is 0.597. The van der Waals surface area contributed by atoms with Crippen LogP contribution in [0.4, 0.5) is 5.82 Å². The molecule has 2 heterocycles. The molecule has 4 heteroatoms. The van der Waals surface area contributed by atoms with Gasteiger partial charge < -0.3 is 10.2 Å². The summed E-state index contributed by atoms with van der Waals surface area (Å²) in [6.45, 7) is 2.20. The lowest BCUT2D eigenvalue weighted by molar-refractivity contribution is 0.442. The van der Waals surface area contributed by atoms with Gasteiger partial charge in [0.05, 0.1) is 5.02 Å². The van der Waals surface area contributed by atoms with Gasteiger partial charge in [-0.05, 0) is 38.1 Å². The van der Waals surface area contributed by atoms with Gasteiger partial charge in [-0.15, -0.1) is 0 Å². The summed E-state index contributed by atoms with van der Waals surface area (Å²) >= 11 is 5.81. The van der Waals surface area contributed by atoms with Crippen molar-refractivity contribution in [1.82, 2.24) is 10.3 Å². The maximum atomic E-state index is 5.81. The molecule has 1 saturated heterocycles. The first-order valence-electron chi connectivity index (χ1n) is 5.32. The summed E-state index contributed by atoms with van der Waals surface area (Å²) in [5, 5.41) is 4.05. The molecular weight excluding hydrogens is 210 g/mol. The number of halogens is 1. The van der Waals surface area contributed by atoms with Gasteiger partial charge in [0.15, 0.2) is 0 Å². The number of nitrogens with zero attached hydrogens (tertiary/aromatic N) is 2. The zero-order valence-electron chi connectivity index (χ0n) is 8.91. The van der Waals surface area contributed by atoms with E-state index < -0.39 is 0 Å². The summed E-state index contributed by atoms with van der Waals surface area (Å²) in [7, 11) is 2.10. The molecule has 0 unspecified atom stereocenters. The Morgan fingerprint density at radius 1 is 1.40 bits per heavy atom. The highest BCUT2D eigenvalue weighted by Crippen LogP contribution is 2.18. The van der Waals surface area contributed by atoms with Crippen molar-refractivity contribution in [2.75, 3.05) is 25.0 Å². The van der Waals surface area contributed by atoms with Crippen molar-refractivity contribution in [2.24, 2.45) is 0 Å². The number of hydrogen-bond acceptors (Lipinski definition) is 3. The highest BCUT2D eigenvalue weighted by atomic mass is 35.5. The Hall–Kier alpha value is -0.800. The molecule has 15 heavy (non-hydrogen) atoms. The topological polar surface area (TPSA) is 28.2 Å². The van der Waals surface area contributed by atoms with Gasteiger partial charge >= 0.3 is 0 Å². The van der Waals surface area contributed by atoms with Crippen LogP contribution < -0.4 is 10.2 Å². The van der Waals surface area contributed by atoms with Gasteiger partial charge in [0.1, 0.15) is 5.82 Å². The smallest absolute Gasteiger partial charge is 0.128 e. The van der Waals surface area contributed by atoms with E-state index in [1.165, 1.54) is 12.8 Å². The molecule has 1 aromatic heterocycles. The van der Waals surface area contributed by atoms with Crippen LogP contribution in [0.2, 0.25) is 5.02 Å². The molecule has 0 atom stereocenters. The van der Waals surface area contributed by atoms with Crippen LogP contribution in [0, 0.1) is 0 Å². The fraction of sp³-hybridized carbons (Fsp3) is 0.545. The Bertz CT molecular complexity index is 306. The van der Waals surface area contributed by atoms with Gasteiger partial charge in [-0.3, -0.25) is 0 Å². The summed E-state index contributed by atoms with van der Waals surface area (Å²) in [6.07, 6.45) is 4.07. The number of rotatable bonds is 2. The third-order valence-corrected chi connectivity index (χ3v) is 3.15. The predicted molar refractivity (Wildman–Crippen MR) is 63.5 cm³/mol. The number of aromatic nitrogens is 1. The zero-order chi connectivity index (χ0) is 10.7. The lowest BCUT2D eigenvalue weighted by Crippen LogP contribution is -2.41. The number of pyridine rings is 1. The monoisotopic (exact) mass is 225 g/mol. The molecule has 1 N–H and O–H groups in total. The normalized spacial score (nSPS) is 17.7. The Morgan fingerprint density at radius 3 is 2.73 bits per heavy atom. The van der Waals surface area contributed by atoms with Gasteiger partial charge in [0.25, 0.3) is 0 Å². The number of nitrogens with one attached hydrogen (secondary N) is 1. The van der Waals surface area contributed by atoms with Crippen molar-refractivity contribution in [3.63, 3.8) is 0 Å². The van der Waals surface area contributed by atoms with E-state index in [0.29, 0.717) is 11.1 Å². The van der Waals surface area contributed by atoms with E-state index in [1.807, 2.05) is 12.1 Å². The Labute approximate surface area is 95.4 Å². The van der Waals surface area contributed by atoms with Crippen LogP contribution in [-0.4, -0.2) is 31.2 Å². The molecule has 0 spiro atoms. The van der Waals surface area contributed by atoms with Crippen LogP contribution in [0.3, 0.4) is 0 Å². The van der Waals surface area contributed by atoms with Crippen molar-refractivity contribution in [3.8, 4) is 0 Å². The second kappa shape index (κ2) is 4.81. The lowest BCUT2D eigenvalue weighted by Gasteiger charge is -2.32.